The van der Waals surface area contributed by atoms with Crippen molar-refractivity contribution in [3.05, 3.63) is 71.7 Å². The van der Waals surface area contributed by atoms with Gasteiger partial charge in [-0.3, -0.25) is 9.98 Å². The predicted molar refractivity (Wildman–Crippen MR) is 75.3 cm³/mol. The van der Waals surface area contributed by atoms with Gasteiger partial charge in [0.05, 0.1) is 23.4 Å². The van der Waals surface area contributed by atoms with E-state index in [0.717, 1.165) is 28.0 Å². The smallest absolute Gasteiger partial charge is 0.109 e. The molecular weight excluding hydrogens is 234 g/mol. The van der Waals surface area contributed by atoms with Crippen LogP contribution in [0.1, 0.15) is 17.0 Å². The van der Waals surface area contributed by atoms with Crippen molar-refractivity contribution >= 4 is 16.6 Å². The molecule has 19 heavy (non-hydrogen) atoms. The van der Waals surface area contributed by atoms with Crippen LogP contribution >= 0.6 is 0 Å². The van der Waals surface area contributed by atoms with Crippen LogP contribution in [0.5, 0.6) is 0 Å². The number of hydrogen-bond acceptors (Lipinski definition) is 3. The van der Waals surface area contributed by atoms with Crippen LogP contribution in [-0.4, -0.2) is 15.7 Å². The molecule has 0 aliphatic carbocycles. The monoisotopic (exact) mass is 245 g/mol. The summed E-state index contributed by atoms with van der Waals surface area (Å²) in [6.45, 7) is 0.701. The van der Waals surface area contributed by atoms with E-state index < -0.39 is 0 Å². The van der Waals surface area contributed by atoms with Crippen LogP contribution in [0.2, 0.25) is 0 Å². The Morgan fingerprint density at radius 3 is 2.84 bits per heavy atom. The highest BCUT2D eigenvalue weighted by Crippen LogP contribution is 2.21. The maximum atomic E-state index is 4.69. The Morgan fingerprint density at radius 1 is 0.895 bits per heavy atom. The van der Waals surface area contributed by atoms with Gasteiger partial charge in [-0.05, 0) is 18.2 Å². The van der Waals surface area contributed by atoms with Gasteiger partial charge in [0, 0.05) is 17.1 Å². The first-order chi connectivity index (χ1) is 9.42. The minimum atomic E-state index is 0.701. The molecule has 1 aliphatic rings. The fourth-order valence-corrected chi connectivity index (χ4v) is 2.42. The van der Waals surface area contributed by atoms with E-state index in [4.69, 9.17) is 0 Å². The van der Waals surface area contributed by atoms with Gasteiger partial charge in [0.1, 0.15) is 5.71 Å². The molecular formula is C16H11N3. The first kappa shape index (κ1) is 10.4. The Bertz CT molecular complexity index is 806. The Kier molecular flexibility index (Phi) is 2.18. The van der Waals surface area contributed by atoms with Crippen LogP contribution in [0.15, 0.2) is 59.7 Å². The number of rotatable bonds is 1. The lowest BCUT2D eigenvalue weighted by Crippen LogP contribution is -2.05. The van der Waals surface area contributed by atoms with Gasteiger partial charge >= 0.3 is 0 Å². The van der Waals surface area contributed by atoms with E-state index in [1.807, 2.05) is 30.3 Å². The molecule has 0 fully saturated rings. The molecule has 0 spiro atoms. The van der Waals surface area contributed by atoms with Crippen LogP contribution in [0.4, 0.5) is 0 Å². The largest absolute Gasteiger partial charge is 0.276 e. The quantitative estimate of drug-likeness (QED) is 0.661. The molecule has 4 rings (SSSR count). The van der Waals surface area contributed by atoms with Gasteiger partial charge in [-0.1, -0.05) is 30.3 Å². The van der Waals surface area contributed by atoms with E-state index >= 15 is 0 Å². The lowest BCUT2D eigenvalue weighted by atomic mass is 10.1. The minimum Gasteiger partial charge on any atom is -0.276 e. The Balaban J connectivity index is 1.88. The number of aliphatic imine (C=N–C) groups is 1. The molecule has 90 valence electrons. The molecule has 0 atom stereocenters. The van der Waals surface area contributed by atoms with E-state index in [0.29, 0.717) is 6.54 Å². The zero-order valence-electron chi connectivity index (χ0n) is 10.2. The summed E-state index contributed by atoms with van der Waals surface area (Å²) >= 11 is 0. The van der Waals surface area contributed by atoms with Crippen molar-refractivity contribution in [2.45, 2.75) is 6.54 Å². The van der Waals surface area contributed by atoms with Gasteiger partial charge in [0.2, 0.25) is 0 Å². The second-order valence-electron chi connectivity index (χ2n) is 4.57. The molecule has 0 N–H and O–H groups in total. The predicted octanol–water partition coefficient (Wildman–Crippen LogP) is 2.98. The van der Waals surface area contributed by atoms with Crippen molar-refractivity contribution < 1.29 is 0 Å². The molecule has 0 amide bonds. The van der Waals surface area contributed by atoms with Crippen LogP contribution in [0, 0.1) is 0 Å². The maximum Gasteiger partial charge on any atom is 0.109 e. The SMILES string of the molecule is c1cnc2c(c1)CN=C2c1ccc2ccccc2n1. The molecule has 3 nitrogen and oxygen atoms in total. The summed E-state index contributed by atoms with van der Waals surface area (Å²) in [5, 5.41) is 1.14. The summed E-state index contributed by atoms with van der Waals surface area (Å²) in [7, 11) is 0. The highest BCUT2D eigenvalue weighted by molar-refractivity contribution is 6.13. The summed E-state index contributed by atoms with van der Waals surface area (Å²) in [4.78, 5) is 13.7. The number of hydrogen-bond donors (Lipinski definition) is 0. The molecule has 1 aromatic carbocycles. The number of pyridine rings is 2. The van der Waals surface area contributed by atoms with E-state index in [1.54, 1.807) is 6.20 Å². The van der Waals surface area contributed by atoms with E-state index in [9.17, 15) is 0 Å². The first-order valence-electron chi connectivity index (χ1n) is 6.27. The van der Waals surface area contributed by atoms with Gasteiger partial charge in [-0.2, -0.15) is 0 Å². The van der Waals surface area contributed by atoms with E-state index in [2.05, 4.69) is 33.2 Å². The molecule has 0 bridgehead atoms. The van der Waals surface area contributed by atoms with Gasteiger partial charge in [0.25, 0.3) is 0 Å². The van der Waals surface area contributed by atoms with Crippen molar-refractivity contribution in [1.29, 1.82) is 0 Å². The lowest BCUT2D eigenvalue weighted by Gasteiger charge is -2.03. The van der Waals surface area contributed by atoms with E-state index in [-0.39, 0.29) is 0 Å². The average molecular weight is 245 g/mol. The van der Waals surface area contributed by atoms with Gasteiger partial charge in [0.15, 0.2) is 0 Å². The van der Waals surface area contributed by atoms with Crippen LogP contribution in [0.3, 0.4) is 0 Å². The number of para-hydroxylation sites is 1. The molecule has 3 heterocycles. The van der Waals surface area contributed by atoms with Crippen LogP contribution < -0.4 is 0 Å². The third kappa shape index (κ3) is 1.63. The number of benzene rings is 1. The fourth-order valence-electron chi connectivity index (χ4n) is 2.42. The van der Waals surface area contributed by atoms with Crippen molar-refractivity contribution in [1.82, 2.24) is 9.97 Å². The van der Waals surface area contributed by atoms with Crippen molar-refractivity contribution in [3.8, 4) is 0 Å². The van der Waals surface area contributed by atoms with Crippen molar-refractivity contribution in [3.63, 3.8) is 0 Å². The second-order valence-corrected chi connectivity index (χ2v) is 4.57. The maximum absolute atomic E-state index is 4.69. The summed E-state index contributed by atoms with van der Waals surface area (Å²) in [5.41, 5.74) is 4.93. The number of nitrogens with zero attached hydrogens (tertiary/aromatic N) is 3. The third-order valence-electron chi connectivity index (χ3n) is 3.36. The molecule has 3 aromatic rings. The Morgan fingerprint density at radius 2 is 1.84 bits per heavy atom. The number of fused-ring (bicyclic) bond motifs is 2. The first-order valence-corrected chi connectivity index (χ1v) is 6.27. The highest BCUT2D eigenvalue weighted by atomic mass is 14.9. The molecule has 0 radical (unpaired) electrons. The zero-order chi connectivity index (χ0) is 12.7. The Labute approximate surface area is 110 Å². The normalized spacial score (nSPS) is 13.4. The molecule has 3 heteroatoms. The lowest BCUT2D eigenvalue weighted by molar-refractivity contribution is 1.09. The fraction of sp³-hybridized carbons (Fsp3) is 0.0625. The summed E-state index contributed by atoms with van der Waals surface area (Å²) in [6.07, 6.45) is 1.81. The number of aromatic nitrogens is 2. The molecule has 0 saturated carbocycles. The average Bonchev–Trinajstić information content (AvgIpc) is 2.91. The van der Waals surface area contributed by atoms with E-state index in [1.165, 1.54) is 5.56 Å². The topological polar surface area (TPSA) is 38.1 Å². The molecule has 1 aliphatic heterocycles. The molecule has 0 unspecified atom stereocenters. The van der Waals surface area contributed by atoms with Crippen molar-refractivity contribution in [2.24, 2.45) is 4.99 Å². The van der Waals surface area contributed by atoms with Gasteiger partial charge in [-0.25, -0.2) is 4.98 Å². The standard InChI is InChI=1S/C16H11N3/c1-2-6-13-11(4-1)7-8-14(19-13)16-15-12(10-18-16)5-3-9-17-15/h1-9H,10H2. The van der Waals surface area contributed by atoms with Crippen LogP contribution in [-0.2, 0) is 6.54 Å². The minimum absolute atomic E-state index is 0.701. The summed E-state index contributed by atoms with van der Waals surface area (Å²) in [6, 6.07) is 16.2. The second kappa shape index (κ2) is 3.99. The van der Waals surface area contributed by atoms with Crippen molar-refractivity contribution in [2.75, 3.05) is 0 Å². The highest BCUT2D eigenvalue weighted by Gasteiger charge is 2.19. The molecule has 0 saturated heterocycles. The third-order valence-corrected chi connectivity index (χ3v) is 3.36. The summed E-state index contributed by atoms with van der Waals surface area (Å²) in [5.74, 6) is 0. The van der Waals surface area contributed by atoms with Gasteiger partial charge in [-0.15, -0.1) is 0 Å². The van der Waals surface area contributed by atoms with Crippen LogP contribution in [0.25, 0.3) is 10.9 Å². The Hall–Kier alpha value is -2.55. The summed E-state index contributed by atoms with van der Waals surface area (Å²) < 4.78 is 0. The van der Waals surface area contributed by atoms with Gasteiger partial charge < -0.3 is 0 Å². The zero-order valence-corrected chi connectivity index (χ0v) is 10.2. The molecule has 2 aromatic heterocycles.